The summed E-state index contributed by atoms with van der Waals surface area (Å²) in [6.45, 7) is 18.7. The number of hydrogen-bond donors (Lipinski definition) is 1. The molecule has 9 heteroatoms. The van der Waals surface area contributed by atoms with E-state index in [0.717, 1.165) is 12.8 Å². The zero-order chi connectivity index (χ0) is 28.5. The third-order valence-electron chi connectivity index (χ3n) is 7.92. The van der Waals surface area contributed by atoms with E-state index in [9.17, 15) is 19.5 Å². The van der Waals surface area contributed by atoms with Gasteiger partial charge in [-0.25, -0.2) is 0 Å². The summed E-state index contributed by atoms with van der Waals surface area (Å²) in [5, 5.41) is 9.58. The van der Waals surface area contributed by atoms with Crippen LogP contribution in [0.15, 0.2) is 25.3 Å². The van der Waals surface area contributed by atoms with Gasteiger partial charge in [-0.1, -0.05) is 48.9 Å². The quantitative estimate of drug-likeness (QED) is 0.150. The van der Waals surface area contributed by atoms with Gasteiger partial charge in [-0.2, -0.15) is 0 Å². The number of ether oxygens (including phenoxy) is 2. The molecule has 3 unspecified atom stereocenters. The number of allylic oxidation sites excluding steroid dienone is 1. The van der Waals surface area contributed by atoms with Gasteiger partial charge < -0.3 is 24.4 Å². The Morgan fingerprint density at radius 3 is 2.50 bits per heavy atom. The second-order valence-corrected chi connectivity index (χ2v) is 13.8. The predicted molar refractivity (Wildman–Crippen MR) is 150 cm³/mol. The van der Waals surface area contributed by atoms with Crippen LogP contribution >= 0.6 is 15.9 Å². The number of alkyl halides is 1. The molecule has 2 amide bonds. The molecule has 8 nitrogen and oxygen atoms in total. The van der Waals surface area contributed by atoms with E-state index in [1.54, 1.807) is 22.0 Å². The Morgan fingerprint density at radius 2 is 1.92 bits per heavy atom. The fourth-order valence-electron chi connectivity index (χ4n) is 6.96. The molecule has 0 radical (unpaired) electrons. The Hall–Kier alpha value is -1.71. The number of rotatable bonds is 13. The zero-order valence-corrected chi connectivity index (χ0v) is 25.2. The van der Waals surface area contributed by atoms with Crippen LogP contribution in [0.4, 0.5) is 0 Å². The first kappa shape index (κ1) is 30.8. The molecule has 0 aromatic carbocycles. The molecule has 1 spiro atoms. The number of unbranched alkanes of at least 4 members (excludes halogenated alkanes) is 1. The van der Waals surface area contributed by atoms with Crippen LogP contribution in [0.25, 0.3) is 0 Å². The van der Waals surface area contributed by atoms with Crippen molar-refractivity contribution in [2.75, 3.05) is 26.3 Å². The highest BCUT2D eigenvalue weighted by atomic mass is 79.9. The number of carbonyl (C=O) groups is 3. The van der Waals surface area contributed by atoms with Crippen molar-refractivity contribution in [1.82, 2.24) is 9.80 Å². The number of carbonyl (C=O) groups excluding carboxylic acids is 3. The summed E-state index contributed by atoms with van der Waals surface area (Å²) in [6.07, 6.45) is 5.78. The van der Waals surface area contributed by atoms with Gasteiger partial charge in [0.05, 0.1) is 24.5 Å². The van der Waals surface area contributed by atoms with Crippen molar-refractivity contribution < 1.29 is 29.0 Å². The molecule has 6 atom stereocenters. The maximum Gasteiger partial charge on any atom is 0.312 e. The smallest absolute Gasteiger partial charge is 0.312 e. The SMILES string of the molecule is C=CCCCOC(=O)[C@H]1[C@H]2C(=O)N(CCCO)C(C(=O)N(CC=C)C(C)(C)CC(C)(C)C)C23CC(Br)[C@@H]1O3. The molecule has 214 valence electrons. The number of hydrogen-bond acceptors (Lipinski definition) is 6. The first-order chi connectivity index (χ1) is 17.8. The average molecular weight is 598 g/mol. The van der Waals surface area contributed by atoms with Crippen molar-refractivity contribution in [3.8, 4) is 0 Å². The van der Waals surface area contributed by atoms with Gasteiger partial charge in [-0.05, 0) is 51.4 Å². The van der Waals surface area contributed by atoms with E-state index in [2.05, 4.69) is 49.9 Å². The molecule has 3 fully saturated rings. The monoisotopic (exact) mass is 596 g/mol. The average Bonchev–Trinajstić information content (AvgIpc) is 3.40. The van der Waals surface area contributed by atoms with Gasteiger partial charge in [0, 0.05) is 30.1 Å². The lowest BCUT2D eigenvalue weighted by molar-refractivity contribution is -0.156. The summed E-state index contributed by atoms with van der Waals surface area (Å²) in [5.74, 6) is -2.56. The van der Waals surface area contributed by atoms with Crippen molar-refractivity contribution in [1.29, 1.82) is 0 Å². The molecule has 3 aliphatic heterocycles. The van der Waals surface area contributed by atoms with Crippen LogP contribution in [-0.4, -0.2) is 87.1 Å². The van der Waals surface area contributed by atoms with Crippen molar-refractivity contribution in [3.63, 3.8) is 0 Å². The van der Waals surface area contributed by atoms with Crippen molar-refractivity contribution in [3.05, 3.63) is 25.3 Å². The standard InChI is InChI=1S/C29H45BrN2O6/c1-8-10-11-16-37-26(36)20-21-24(34)31(14-12-15-33)23(29(21)17-19(30)22(20)38-29)25(35)32(13-9-2)28(6,7)18-27(3,4)5/h8-9,19-23,33H,1-2,10-18H2,3-7H3/t19?,20-,21-,22-,23?,29?/m0/s1. The van der Waals surface area contributed by atoms with Gasteiger partial charge in [0.2, 0.25) is 11.8 Å². The molecule has 3 rings (SSSR count). The van der Waals surface area contributed by atoms with Crippen LogP contribution in [0.1, 0.15) is 66.7 Å². The second kappa shape index (κ2) is 11.8. The van der Waals surface area contributed by atoms with E-state index >= 15 is 0 Å². The molecule has 0 aromatic heterocycles. The molecule has 2 bridgehead atoms. The first-order valence-electron chi connectivity index (χ1n) is 13.7. The topological polar surface area (TPSA) is 96.4 Å². The fourth-order valence-corrected chi connectivity index (χ4v) is 7.90. The molecule has 0 saturated carbocycles. The van der Waals surface area contributed by atoms with Crippen LogP contribution in [0, 0.1) is 17.3 Å². The first-order valence-corrected chi connectivity index (χ1v) is 14.6. The van der Waals surface area contributed by atoms with Gasteiger partial charge in [-0.15, -0.1) is 13.2 Å². The summed E-state index contributed by atoms with van der Waals surface area (Å²) in [5.41, 5.74) is -1.72. The summed E-state index contributed by atoms with van der Waals surface area (Å²) in [7, 11) is 0. The third-order valence-corrected chi connectivity index (χ3v) is 8.77. The molecular formula is C29H45BrN2O6. The summed E-state index contributed by atoms with van der Waals surface area (Å²) in [4.78, 5) is 45.0. The highest BCUT2D eigenvalue weighted by Crippen LogP contribution is 2.60. The van der Waals surface area contributed by atoms with E-state index in [4.69, 9.17) is 9.47 Å². The minimum Gasteiger partial charge on any atom is -0.465 e. The van der Waals surface area contributed by atoms with Gasteiger partial charge in [-0.3, -0.25) is 14.4 Å². The van der Waals surface area contributed by atoms with Crippen molar-refractivity contribution in [2.24, 2.45) is 17.3 Å². The van der Waals surface area contributed by atoms with E-state index in [1.165, 1.54) is 0 Å². The van der Waals surface area contributed by atoms with Crippen LogP contribution in [0.2, 0.25) is 0 Å². The molecule has 1 N–H and O–H groups in total. The zero-order valence-electron chi connectivity index (χ0n) is 23.6. The summed E-state index contributed by atoms with van der Waals surface area (Å²) in [6, 6.07) is -0.908. The number of amides is 2. The third kappa shape index (κ3) is 5.75. The lowest BCUT2D eigenvalue weighted by Gasteiger charge is -2.45. The van der Waals surface area contributed by atoms with Crippen molar-refractivity contribution in [2.45, 2.75) is 94.8 Å². The van der Waals surface area contributed by atoms with Crippen LogP contribution in [-0.2, 0) is 23.9 Å². The van der Waals surface area contributed by atoms with Gasteiger partial charge >= 0.3 is 5.97 Å². The largest absolute Gasteiger partial charge is 0.465 e. The molecule has 38 heavy (non-hydrogen) atoms. The number of esters is 1. The number of likely N-dealkylation sites (tertiary alicyclic amines) is 1. The normalized spacial score (nSPS) is 30.3. The minimum absolute atomic E-state index is 0.0458. The van der Waals surface area contributed by atoms with E-state index < -0.39 is 41.1 Å². The number of fused-ring (bicyclic) bond motifs is 1. The maximum absolute atomic E-state index is 14.5. The second-order valence-electron chi connectivity index (χ2n) is 12.7. The fraction of sp³-hybridized carbons (Fsp3) is 0.759. The van der Waals surface area contributed by atoms with Gasteiger partial charge in [0.25, 0.3) is 0 Å². The molecular weight excluding hydrogens is 552 g/mol. The van der Waals surface area contributed by atoms with Crippen molar-refractivity contribution >= 4 is 33.7 Å². The highest BCUT2D eigenvalue weighted by molar-refractivity contribution is 9.09. The van der Waals surface area contributed by atoms with Crippen LogP contribution < -0.4 is 0 Å². The Morgan fingerprint density at radius 1 is 1.24 bits per heavy atom. The number of halogens is 1. The van der Waals surface area contributed by atoms with Crippen LogP contribution in [0.3, 0.4) is 0 Å². The molecule has 3 heterocycles. The minimum atomic E-state index is -1.15. The van der Waals surface area contributed by atoms with Crippen LogP contribution in [0.5, 0.6) is 0 Å². The molecule has 3 aliphatic rings. The number of aliphatic hydroxyl groups is 1. The lowest BCUT2D eigenvalue weighted by atomic mass is 9.70. The molecule has 3 saturated heterocycles. The Balaban J connectivity index is 2.02. The Bertz CT molecular complexity index is 931. The molecule has 0 aromatic rings. The van der Waals surface area contributed by atoms with Gasteiger partial charge in [0.15, 0.2) is 0 Å². The van der Waals surface area contributed by atoms with E-state index in [1.807, 2.05) is 13.8 Å². The van der Waals surface area contributed by atoms with E-state index in [0.29, 0.717) is 25.8 Å². The Kier molecular flexibility index (Phi) is 9.58. The lowest BCUT2D eigenvalue weighted by Crippen LogP contribution is -2.61. The Labute approximate surface area is 235 Å². The maximum atomic E-state index is 14.5. The predicted octanol–water partition coefficient (Wildman–Crippen LogP) is 3.86. The number of nitrogens with zero attached hydrogens (tertiary/aromatic N) is 2. The molecule has 0 aliphatic carbocycles. The summed E-state index contributed by atoms with van der Waals surface area (Å²) >= 11 is 3.69. The van der Waals surface area contributed by atoms with E-state index in [-0.39, 0.29) is 41.8 Å². The van der Waals surface area contributed by atoms with Gasteiger partial charge in [0.1, 0.15) is 11.6 Å². The highest BCUT2D eigenvalue weighted by Gasteiger charge is 2.77. The number of aliphatic hydroxyl groups excluding tert-OH is 1. The summed E-state index contributed by atoms with van der Waals surface area (Å²) < 4.78 is 12.1.